The van der Waals surface area contributed by atoms with E-state index >= 15 is 0 Å². The fourth-order valence-electron chi connectivity index (χ4n) is 3.51. The molecule has 0 radical (unpaired) electrons. The summed E-state index contributed by atoms with van der Waals surface area (Å²) >= 11 is 1.98. The van der Waals surface area contributed by atoms with E-state index in [9.17, 15) is 0 Å². The van der Waals surface area contributed by atoms with Crippen LogP contribution in [0.15, 0.2) is 0 Å². The van der Waals surface area contributed by atoms with E-state index in [0.717, 1.165) is 12.6 Å². The molecule has 4 heteroatoms. The Morgan fingerprint density at radius 2 is 1.95 bits per heavy atom. The highest BCUT2D eigenvalue weighted by Gasteiger charge is 2.28. The molecule has 0 spiro atoms. The van der Waals surface area contributed by atoms with Crippen LogP contribution in [0.25, 0.3) is 0 Å². The quantitative estimate of drug-likeness (QED) is 0.922. The van der Waals surface area contributed by atoms with E-state index in [-0.39, 0.29) is 0 Å². The van der Waals surface area contributed by atoms with Crippen molar-refractivity contribution in [1.82, 2.24) is 10.3 Å². The predicted molar refractivity (Wildman–Crippen MR) is 84.9 cm³/mol. The standard InChI is InChI=1S/C16H25N3S/c1-2-9-19(10-3-1)16-18-15-12(11-17-13-7-8-13)5-4-6-14(15)20-16/h12-13,17H,1-11H2. The average Bonchev–Trinajstić information content (AvgIpc) is 3.22. The number of aryl methyl sites for hydroxylation is 1. The first-order valence-electron chi connectivity index (χ1n) is 8.38. The van der Waals surface area contributed by atoms with Crippen LogP contribution in [0.3, 0.4) is 0 Å². The monoisotopic (exact) mass is 291 g/mol. The summed E-state index contributed by atoms with van der Waals surface area (Å²) in [5.41, 5.74) is 1.44. The molecule has 4 rings (SSSR count). The summed E-state index contributed by atoms with van der Waals surface area (Å²) in [4.78, 5) is 9.17. The molecule has 1 saturated carbocycles. The zero-order chi connectivity index (χ0) is 13.4. The van der Waals surface area contributed by atoms with E-state index in [1.54, 1.807) is 4.88 Å². The number of fused-ring (bicyclic) bond motifs is 1. The fourth-order valence-corrected chi connectivity index (χ4v) is 4.75. The number of thiazole rings is 1. The van der Waals surface area contributed by atoms with Gasteiger partial charge in [0.15, 0.2) is 5.13 Å². The first-order chi connectivity index (χ1) is 9.90. The van der Waals surface area contributed by atoms with Crippen LogP contribution in [0, 0.1) is 0 Å². The van der Waals surface area contributed by atoms with Gasteiger partial charge in [0.2, 0.25) is 0 Å². The molecule has 1 aliphatic heterocycles. The number of hydrogen-bond acceptors (Lipinski definition) is 4. The van der Waals surface area contributed by atoms with Crippen molar-refractivity contribution in [2.24, 2.45) is 0 Å². The lowest BCUT2D eigenvalue weighted by Crippen LogP contribution is -2.29. The highest BCUT2D eigenvalue weighted by molar-refractivity contribution is 7.15. The van der Waals surface area contributed by atoms with E-state index < -0.39 is 0 Å². The number of nitrogens with one attached hydrogen (secondary N) is 1. The molecule has 2 fully saturated rings. The number of hydrogen-bond donors (Lipinski definition) is 1. The topological polar surface area (TPSA) is 28.2 Å². The summed E-state index contributed by atoms with van der Waals surface area (Å²) in [5, 5.41) is 5.02. The van der Waals surface area contributed by atoms with Crippen molar-refractivity contribution in [1.29, 1.82) is 0 Å². The molecular weight excluding hydrogens is 266 g/mol. The minimum absolute atomic E-state index is 0.675. The van der Waals surface area contributed by atoms with Crippen molar-refractivity contribution in [3.8, 4) is 0 Å². The summed E-state index contributed by atoms with van der Waals surface area (Å²) in [6, 6.07) is 0.820. The van der Waals surface area contributed by atoms with Crippen molar-refractivity contribution >= 4 is 16.5 Å². The molecule has 1 atom stereocenters. The molecule has 1 saturated heterocycles. The van der Waals surface area contributed by atoms with E-state index in [2.05, 4.69) is 10.2 Å². The van der Waals surface area contributed by atoms with E-state index in [1.165, 1.54) is 75.3 Å². The highest BCUT2D eigenvalue weighted by atomic mass is 32.1. The van der Waals surface area contributed by atoms with Crippen LogP contribution in [-0.2, 0) is 6.42 Å². The minimum Gasteiger partial charge on any atom is -0.348 e. The van der Waals surface area contributed by atoms with Gasteiger partial charge in [-0.3, -0.25) is 0 Å². The SMILES string of the molecule is C1CCN(c2nc3c(s2)CCCC3CNC2CC2)CC1. The molecule has 1 N–H and O–H groups in total. The van der Waals surface area contributed by atoms with Gasteiger partial charge in [-0.25, -0.2) is 4.98 Å². The Kier molecular flexibility index (Phi) is 3.69. The molecule has 1 unspecified atom stereocenters. The van der Waals surface area contributed by atoms with Crippen LogP contribution < -0.4 is 10.2 Å². The van der Waals surface area contributed by atoms with Crippen LogP contribution >= 0.6 is 11.3 Å². The number of aromatic nitrogens is 1. The van der Waals surface area contributed by atoms with E-state index in [4.69, 9.17) is 4.98 Å². The summed E-state index contributed by atoms with van der Waals surface area (Å²) in [7, 11) is 0. The maximum absolute atomic E-state index is 5.06. The summed E-state index contributed by atoms with van der Waals surface area (Å²) in [5.74, 6) is 0.675. The van der Waals surface area contributed by atoms with Crippen LogP contribution in [0.2, 0.25) is 0 Å². The van der Waals surface area contributed by atoms with Crippen molar-refractivity contribution in [2.75, 3.05) is 24.5 Å². The maximum atomic E-state index is 5.06. The molecule has 1 aromatic rings. The number of anilines is 1. The zero-order valence-corrected chi connectivity index (χ0v) is 13.1. The van der Waals surface area contributed by atoms with Crippen molar-refractivity contribution in [3.05, 3.63) is 10.6 Å². The Hall–Kier alpha value is -0.610. The van der Waals surface area contributed by atoms with Gasteiger partial charge in [-0.2, -0.15) is 0 Å². The molecule has 1 aromatic heterocycles. The lowest BCUT2D eigenvalue weighted by molar-refractivity contribution is 0.499. The molecule has 2 aliphatic carbocycles. The van der Waals surface area contributed by atoms with E-state index in [0.29, 0.717) is 5.92 Å². The molecular formula is C16H25N3S. The maximum Gasteiger partial charge on any atom is 0.185 e. The van der Waals surface area contributed by atoms with Gasteiger partial charge in [-0.05, 0) is 51.4 Å². The van der Waals surface area contributed by atoms with Crippen LogP contribution in [-0.4, -0.2) is 30.7 Å². The van der Waals surface area contributed by atoms with Gasteiger partial charge in [0.1, 0.15) is 0 Å². The van der Waals surface area contributed by atoms with Gasteiger partial charge in [0, 0.05) is 36.5 Å². The summed E-state index contributed by atoms with van der Waals surface area (Å²) < 4.78 is 0. The lowest BCUT2D eigenvalue weighted by atomic mass is 9.91. The zero-order valence-electron chi connectivity index (χ0n) is 12.2. The van der Waals surface area contributed by atoms with Crippen LogP contribution in [0.5, 0.6) is 0 Å². The summed E-state index contributed by atoms with van der Waals surface area (Å²) in [6.07, 6.45) is 10.8. The smallest absolute Gasteiger partial charge is 0.185 e. The number of rotatable bonds is 4. The Balaban J connectivity index is 1.49. The van der Waals surface area contributed by atoms with Gasteiger partial charge >= 0.3 is 0 Å². The number of piperidine rings is 1. The Bertz CT molecular complexity index is 460. The Labute approximate surface area is 125 Å². The fraction of sp³-hybridized carbons (Fsp3) is 0.812. The van der Waals surface area contributed by atoms with Crippen molar-refractivity contribution < 1.29 is 0 Å². The van der Waals surface area contributed by atoms with E-state index in [1.807, 2.05) is 11.3 Å². The minimum atomic E-state index is 0.675. The molecule has 0 bridgehead atoms. The molecule has 20 heavy (non-hydrogen) atoms. The molecule has 3 nitrogen and oxygen atoms in total. The van der Waals surface area contributed by atoms with Gasteiger partial charge in [0.05, 0.1) is 5.69 Å². The van der Waals surface area contributed by atoms with Crippen LogP contribution in [0.4, 0.5) is 5.13 Å². The van der Waals surface area contributed by atoms with Gasteiger partial charge < -0.3 is 10.2 Å². The Morgan fingerprint density at radius 3 is 2.75 bits per heavy atom. The predicted octanol–water partition coefficient (Wildman–Crippen LogP) is 3.31. The molecule has 110 valence electrons. The second-order valence-electron chi connectivity index (χ2n) is 6.62. The Morgan fingerprint density at radius 1 is 1.10 bits per heavy atom. The molecule has 3 aliphatic rings. The molecule has 0 aromatic carbocycles. The largest absolute Gasteiger partial charge is 0.348 e. The van der Waals surface area contributed by atoms with Crippen molar-refractivity contribution in [2.45, 2.75) is 63.3 Å². The third-order valence-electron chi connectivity index (χ3n) is 4.92. The second-order valence-corrected chi connectivity index (χ2v) is 7.69. The highest BCUT2D eigenvalue weighted by Crippen LogP contribution is 2.38. The second kappa shape index (κ2) is 5.64. The lowest BCUT2D eigenvalue weighted by Gasteiger charge is -2.26. The molecule has 0 amide bonds. The third-order valence-corrected chi connectivity index (χ3v) is 6.11. The number of nitrogens with zero attached hydrogens (tertiary/aromatic N) is 2. The van der Waals surface area contributed by atoms with Gasteiger partial charge in [-0.15, -0.1) is 11.3 Å². The molecule has 2 heterocycles. The normalized spacial score (nSPS) is 26.6. The summed E-state index contributed by atoms with van der Waals surface area (Å²) in [6.45, 7) is 3.59. The average molecular weight is 291 g/mol. The van der Waals surface area contributed by atoms with Crippen molar-refractivity contribution in [3.63, 3.8) is 0 Å². The first kappa shape index (κ1) is 13.1. The first-order valence-corrected chi connectivity index (χ1v) is 9.20. The van der Waals surface area contributed by atoms with Gasteiger partial charge in [0.25, 0.3) is 0 Å². The van der Waals surface area contributed by atoms with Crippen LogP contribution in [0.1, 0.15) is 61.4 Å². The third kappa shape index (κ3) is 2.73. The van der Waals surface area contributed by atoms with Gasteiger partial charge in [-0.1, -0.05) is 0 Å².